The van der Waals surface area contributed by atoms with Gasteiger partial charge in [0.1, 0.15) is 30.5 Å². The van der Waals surface area contributed by atoms with Crippen molar-refractivity contribution in [1.29, 1.82) is 0 Å². The second-order valence-electron chi connectivity index (χ2n) is 14.0. The van der Waals surface area contributed by atoms with Gasteiger partial charge in [-0.05, 0) is 104 Å². The molecule has 0 aliphatic carbocycles. The number of ether oxygens (including phenoxy) is 5. The number of carbonyl (C=O) groups is 5. The van der Waals surface area contributed by atoms with Gasteiger partial charge in [0.15, 0.2) is 5.78 Å². The predicted molar refractivity (Wildman–Crippen MR) is 214 cm³/mol. The third-order valence-electron chi connectivity index (χ3n) is 8.68. The number of aryl methyl sites for hydroxylation is 1. The molecule has 0 spiro atoms. The van der Waals surface area contributed by atoms with E-state index in [1.165, 1.54) is 12.1 Å². The molecule has 4 aromatic rings. The highest BCUT2D eigenvalue weighted by molar-refractivity contribution is 5.98. The molecule has 56 heavy (non-hydrogen) atoms. The molecule has 0 aliphatic rings. The molecule has 10 nitrogen and oxygen atoms in total. The number of benzene rings is 4. The quantitative estimate of drug-likeness (QED) is 0.0552. The number of allylic oxidation sites excluding steroid dienone is 1. The fraction of sp³-hybridized carbons (Fsp3) is 0.239. The monoisotopic (exact) mass is 758 g/mol. The van der Waals surface area contributed by atoms with Crippen molar-refractivity contribution < 1.29 is 47.7 Å². The van der Waals surface area contributed by atoms with Crippen LogP contribution >= 0.6 is 0 Å². The summed E-state index contributed by atoms with van der Waals surface area (Å²) in [5.41, 5.74) is 2.66. The first kappa shape index (κ1) is 42.2. The molecule has 0 aromatic heterocycles. The Morgan fingerprint density at radius 3 is 1.91 bits per heavy atom. The highest BCUT2D eigenvalue weighted by Crippen LogP contribution is 2.31. The van der Waals surface area contributed by atoms with Crippen LogP contribution < -0.4 is 14.2 Å². The summed E-state index contributed by atoms with van der Waals surface area (Å²) in [6.45, 7) is 19.4. The van der Waals surface area contributed by atoms with Crippen LogP contribution in [0.25, 0.3) is 16.8 Å². The lowest BCUT2D eigenvalue weighted by atomic mass is 9.89. The van der Waals surface area contributed by atoms with Crippen LogP contribution in [0.2, 0.25) is 0 Å². The standard InChI is InChI=1S/C46H46O10/c1-29(2)39(47)26-33-13-15-35(16-14-33)45(51)55-36-19-21-40(32(7)25-36)56-42(48)22-18-34-17-20-41(38-12-10-9-11-37(34)38)52-24-23-46(8,27-53-43(49)30(3)4)28-54-44(50)31(5)6/h9-22,25H,1,3,5,23-24,26-28H2,2,4,6-8H3/b22-18+. The molecule has 0 heterocycles. The number of hydrogen-bond donors (Lipinski definition) is 0. The molecule has 0 N–H and O–H groups in total. The zero-order chi connectivity index (χ0) is 41.0. The molecule has 0 aliphatic heterocycles. The molecular weight excluding hydrogens is 712 g/mol. The van der Waals surface area contributed by atoms with Crippen molar-refractivity contribution in [3.63, 3.8) is 0 Å². The summed E-state index contributed by atoms with van der Waals surface area (Å²) in [6, 6.07) is 22.5. The maximum absolute atomic E-state index is 12.9. The molecule has 10 heteroatoms. The molecule has 0 saturated carbocycles. The van der Waals surface area contributed by atoms with Crippen molar-refractivity contribution in [2.75, 3.05) is 19.8 Å². The van der Waals surface area contributed by atoms with Crippen LogP contribution in [0.5, 0.6) is 17.2 Å². The van der Waals surface area contributed by atoms with Gasteiger partial charge in [-0.3, -0.25) is 4.79 Å². The minimum absolute atomic E-state index is 0.0133. The molecule has 290 valence electrons. The van der Waals surface area contributed by atoms with Crippen molar-refractivity contribution in [2.45, 2.75) is 47.5 Å². The number of fused-ring (bicyclic) bond motifs is 1. The van der Waals surface area contributed by atoms with Crippen molar-refractivity contribution >= 4 is 46.5 Å². The summed E-state index contributed by atoms with van der Waals surface area (Å²) in [4.78, 5) is 61.8. The fourth-order valence-corrected chi connectivity index (χ4v) is 5.25. The van der Waals surface area contributed by atoms with E-state index in [0.29, 0.717) is 34.6 Å². The first-order valence-corrected chi connectivity index (χ1v) is 17.9. The van der Waals surface area contributed by atoms with Crippen LogP contribution in [-0.4, -0.2) is 49.5 Å². The Bertz CT molecular complexity index is 2180. The van der Waals surface area contributed by atoms with Crippen LogP contribution in [0.3, 0.4) is 0 Å². The molecule has 0 amide bonds. The van der Waals surface area contributed by atoms with Gasteiger partial charge in [-0.25, -0.2) is 19.2 Å². The summed E-state index contributed by atoms with van der Waals surface area (Å²) in [5, 5.41) is 1.64. The van der Waals surface area contributed by atoms with Crippen molar-refractivity contribution in [1.82, 2.24) is 0 Å². The van der Waals surface area contributed by atoms with E-state index in [4.69, 9.17) is 23.7 Å². The Hall–Kier alpha value is -6.55. The SMILES string of the molecule is C=C(C)C(=O)Cc1ccc(C(=O)Oc2ccc(OC(=O)/C=C/c3ccc(OCCC(C)(COC(=O)C(=C)C)COC(=O)C(=C)C)c4ccccc34)c(C)c2)cc1. The third-order valence-corrected chi connectivity index (χ3v) is 8.68. The van der Waals surface area contributed by atoms with Crippen LogP contribution in [0, 0.1) is 12.3 Å². The van der Waals surface area contributed by atoms with E-state index < -0.39 is 29.3 Å². The van der Waals surface area contributed by atoms with E-state index >= 15 is 0 Å². The van der Waals surface area contributed by atoms with Gasteiger partial charge in [0.05, 0.1) is 12.2 Å². The number of ketones is 1. The normalized spacial score (nSPS) is 11.1. The van der Waals surface area contributed by atoms with Crippen LogP contribution in [0.15, 0.2) is 121 Å². The summed E-state index contributed by atoms with van der Waals surface area (Å²) in [7, 11) is 0. The second kappa shape index (κ2) is 19.2. The van der Waals surface area contributed by atoms with E-state index in [9.17, 15) is 24.0 Å². The summed E-state index contributed by atoms with van der Waals surface area (Å²) >= 11 is 0. The lowest BCUT2D eigenvalue weighted by Gasteiger charge is -2.28. The first-order valence-electron chi connectivity index (χ1n) is 17.9. The van der Waals surface area contributed by atoms with Crippen LogP contribution in [-0.2, 0) is 35.1 Å². The maximum atomic E-state index is 12.9. The lowest BCUT2D eigenvalue weighted by molar-refractivity contribution is -0.149. The van der Waals surface area contributed by atoms with Crippen LogP contribution in [0.4, 0.5) is 0 Å². The van der Waals surface area contributed by atoms with Gasteiger partial charge >= 0.3 is 23.9 Å². The number of carbonyl (C=O) groups excluding carboxylic acids is 5. The van der Waals surface area contributed by atoms with Crippen molar-refractivity contribution in [2.24, 2.45) is 5.41 Å². The Morgan fingerprint density at radius 2 is 1.32 bits per heavy atom. The first-order chi connectivity index (χ1) is 26.5. The highest BCUT2D eigenvalue weighted by atomic mass is 16.6. The molecule has 0 radical (unpaired) electrons. The lowest BCUT2D eigenvalue weighted by Crippen LogP contribution is -2.33. The van der Waals surface area contributed by atoms with Crippen LogP contribution in [0.1, 0.15) is 61.2 Å². The predicted octanol–water partition coefficient (Wildman–Crippen LogP) is 8.69. The number of esters is 4. The molecule has 4 rings (SSSR count). The summed E-state index contributed by atoms with van der Waals surface area (Å²) in [6.07, 6.45) is 3.58. The molecule has 0 bridgehead atoms. The van der Waals surface area contributed by atoms with Gasteiger partial charge in [-0.2, -0.15) is 0 Å². The number of Topliss-reactive ketones (excluding diaryl/α,β-unsaturated/α-hetero) is 1. The maximum Gasteiger partial charge on any atom is 0.343 e. The second-order valence-corrected chi connectivity index (χ2v) is 14.0. The molecule has 0 atom stereocenters. The van der Waals surface area contributed by atoms with Gasteiger partial charge in [0.25, 0.3) is 0 Å². The van der Waals surface area contributed by atoms with Gasteiger partial charge in [-0.1, -0.05) is 69.1 Å². The summed E-state index contributed by atoms with van der Waals surface area (Å²) < 4.78 is 28.1. The Morgan fingerprint density at radius 1 is 0.714 bits per heavy atom. The van der Waals surface area contributed by atoms with Gasteiger partial charge in [0.2, 0.25) is 0 Å². The molecule has 4 aromatic carbocycles. The molecular formula is C46H46O10. The third kappa shape index (κ3) is 12.0. The Kier molecular flexibility index (Phi) is 14.4. The fourth-order valence-electron chi connectivity index (χ4n) is 5.25. The van der Waals surface area contributed by atoms with Crippen molar-refractivity contribution in [3.05, 3.63) is 144 Å². The van der Waals surface area contributed by atoms with E-state index in [1.807, 2.05) is 37.3 Å². The topological polar surface area (TPSA) is 132 Å². The Balaban J connectivity index is 1.38. The van der Waals surface area contributed by atoms with Gasteiger partial charge < -0.3 is 23.7 Å². The molecule has 0 unspecified atom stereocenters. The minimum atomic E-state index is -0.750. The zero-order valence-corrected chi connectivity index (χ0v) is 32.4. The smallest absolute Gasteiger partial charge is 0.343 e. The number of rotatable bonds is 18. The van der Waals surface area contributed by atoms with Crippen molar-refractivity contribution in [3.8, 4) is 17.2 Å². The zero-order valence-electron chi connectivity index (χ0n) is 32.4. The van der Waals surface area contributed by atoms with E-state index in [2.05, 4.69) is 19.7 Å². The van der Waals surface area contributed by atoms with E-state index in [1.54, 1.807) is 76.2 Å². The minimum Gasteiger partial charge on any atom is -0.493 e. The van der Waals surface area contributed by atoms with Gasteiger partial charge in [-0.15, -0.1) is 0 Å². The summed E-state index contributed by atoms with van der Waals surface area (Å²) in [5.74, 6) is -1.14. The average Bonchev–Trinajstić information content (AvgIpc) is 3.16. The van der Waals surface area contributed by atoms with Gasteiger partial charge in [0, 0.05) is 34.4 Å². The largest absolute Gasteiger partial charge is 0.493 e. The van der Waals surface area contributed by atoms with E-state index in [-0.39, 0.29) is 48.9 Å². The number of hydrogen-bond acceptors (Lipinski definition) is 10. The molecule has 0 saturated heterocycles. The van der Waals surface area contributed by atoms with E-state index in [0.717, 1.165) is 21.9 Å². The highest BCUT2D eigenvalue weighted by Gasteiger charge is 2.29. The Labute approximate surface area is 327 Å². The average molecular weight is 759 g/mol. The molecule has 0 fully saturated rings.